The number of hydrogen-bond acceptors (Lipinski definition) is 2. The van der Waals surface area contributed by atoms with Crippen molar-refractivity contribution >= 4 is 17.0 Å². The lowest BCUT2D eigenvalue weighted by Crippen LogP contribution is -2.03. The van der Waals surface area contributed by atoms with Gasteiger partial charge in [0, 0.05) is 6.54 Å². The number of nitrogens with two attached hydrogens (primary N) is 1. The zero-order valence-corrected chi connectivity index (χ0v) is 11.6. The molecule has 0 saturated carbocycles. The zero-order chi connectivity index (χ0) is 13.1. The van der Waals surface area contributed by atoms with Crippen LogP contribution in [-0.2, 0) is 6.54 Å². The van der Waals surface area contributed by atoms with Gasteiger partial charge in [0.05, 0.1) is 11.0 Å². The fourth-order valence-corrected chi connectivity index (χ4v) is 2.36. The first-order chi connectivity index (χ1) is 8.59. The van der Waals surface area contributed by atoms with E-state index in [2.05, 4.69) is 48.5 Å². The molecule has 0 spiro atoms. The Kier molecular flexibility index (Phi) is 3.90. The number of nitrogen functional groups attached to an aromatic ring is 1. The maximum absolute atomic E-state index is 6.02. The molecule has 3 nitrogen and oxygen atoms in total. The summed E-state index contributed by atoms with van der Waals surface area (Å²) < 4.78 is 2.14. The van der Waals surface area contributed by atoms with Gasteiger partial charge in [0.1, 0.15) is 0 Å². The second-order valence-corrected chi connectivity index (χ2v) is 5.45. The molecule has 3 heteroatoms. The number of aromatic nitrogens is 2. The number of nitrogens with zero attached hydrogens (tertiary/aromatic N) is 2. The number of unbranched alkanes of at least 4 members (excludes halogenated alkanes) is 1. The van der Waals surface area contributed by atoms with Crippen molar-refractivity contribution in [1.82, 2.24) is 9.55 Å². The molecule has 0 bridgehead atoms. The van der Waals surface area contributed by atoms with Crippen molar-refractivity contribution in [2.75, 3.05) is 5.73 Å². The van der Waals surface area contributed by atoms with Crippen LogP contribution >= 0.6 is 0 Å². The van der Waals surface area contributed by atoms with E-state index in [-0.39, 0.29) is 0 Å². The summed E-state index contributed by atoms with van der Waals surface area (Å²) in [5, 5.41) is 0. The number of fused-ring (bicyclic) bond motifs is 1. The Morgan fingerprint density at radius 3 is 2.78 bits per heavy atom. The van der Waals surface area contributed by atoms with E-state index in [0.29, 0.717) is 5.95 Å². The van der Waals surface area contributed by atoms with Crippen LogP contribution in [-0.4, -0.2) is 9.55 Å². The zero-order valence-electron chi connectivity index (χ0n) is 11.6. The minimum absolute atomic E-state index is 0.642. The Morgan fingerprint density at radius 2 is 2.06 bits per heavy atom. The van der Waals surface area contributed by atoms with Gasteiger partial charge in [-0.3, -0.25) is 0 Å². The number of imidazole rings is 1. The molecule has 0 fully saturated rings. The van der Waals surface area contributed by atoms with Crippen molar-refractivity contribution in [2.24, 2.45) is 5.92 Å². The van der Waals surface area contributed by atoms with E-state index in [4.69, 9.17) is 5.73 Å². The molecule has 2 aromatic rings. The van der Waals surface area contributed by atoms with Gasteiger partial charge in [-0.1, -0.05) is 38.8 Å². The van der Waals surface area contributed by atoms with Crippen LogP contribution in [0.25, 0.3) is 11.0 Å². The highest BCUT2D eigenvalue weighted by atomic mass is 15.1. The summed E-state index contributed by atoms with van der Waals surface area (Å²) in [5.41, 5.74) is 9.42. The lowest BCUT2D eigenvalue weighted by atomic mass is 10.1. The molecule has 0 aliphatic carbocycles. The minimum atomic E-state index is 0.642. The van der Waals surface area contributed by atoms with Gasteiger partial charge in [-0.2, -0.15) is 0 Å². The van der Waals surface area contributed by atoms with E-state index in [1.54, 1.807) is 0 Å². The number of para-hydroxylation sites is 1. The Labute approximate surface area is 109 Å². The molecule has 2 N–H and O–H groups in total. The van der Waals surface area contributed by atoms with Crippen LogP contribution in [0.5, 0.6) is 0 Å². The number of aryl methyl sites for hydroxylation is 2. The van der Waals surface area contributed by atoms with Crippen molar-refractivity contribution in [3.05, 3.63) is 23.8 Å². The quantitative estimate of drug-likeness (QED) is 0.815. The third-order valence-electron chi connectivity index (χ3n) is 3.42. The molecule has 0 unspecified atom stereocenters. The van der Waals surface area contributed by atoms with Gasteiger partial charge in [-0.05, 0) is 30.9 Å². The molecule has 0 atom stereocenters. The third-order valence-corrected chi connectivity index (χ3v) is 3.42. The van der Waals surface area contributed by atoms with Gasteiger partial charge < -0.3 is 10.3 Å². The lowest BCUT2D eigenvalue weighted by Gasteiger charge is -2.07. The van der Waals surface area contributed by atoms with Gasteiger partial charge in [0.15, 0.2) is 0 Å². The Morgan fingerprint density at radius 1 is 1.28 bits per heavy atom. The second-order valence-electron chi connectivity index (χ2n) is 5.45. The van der Waals surface area contributed by atoms with Crippen LogP contribution in [0, 0.1) is 12.8 Å². The molecule has 1 aromatic heterocycles. The average molecular weight is 245 g/mol. The molecule has 1 heterocycles. The highest BCUT2D eigenvalue weighted by molar-refractivity contribution is 5.81. The highest BCUT2D eigenvalue weighted by Crippen LogP contribution is 2.21. The van der Waals surface area contributed by atoms with Crippen LogP contribution < -0.4 is 5.73 Å². The standard InChI is InChI=1S/C15H23N3/c1-11(2)7-4-5-10-18-13-9-6-8-12(3)14(13)17-15(18)16/h6,8-9,11H,4-5,7,10H2,1-3H3,(H2,16,17). The first-order valence-electron chi connectivity index (χ1n) is 6.81. The molecule has 98 valence electrons. The number of anilines is 1. The van der Waals surface area contributed by atoms with Crippen LogP contribution in [0.2, 0.25) is 0 Å². The van der Waals surface area contributed by atoms with Crippen LogP contribution in [0.3, 0.4) is 0 Å². The SMILES string of the molecule is Cc1cccc2c1nc(N)n2CCCCC(C)C. The molecule has 1 aromatic carbocycles. The largest absolute Gasteiger partial charge is 0.369 e. The second kappa shape index (κ2) is 5.42. The summed E-state index contributed by atoms with van der Waals surface area (Å²) in [6.45, 7) is 7.59. The van der Waals surface area contributed by atoms with Gasteiger partial charge >= 0.3 is 0 Å². The van der Waals surface area contributed by atoms with E-state index in [0.717, 1.165) is 23.5 Å². The maximum atomic E-state index is 6.02. The summed E-state index contributed by atoms with van der Waals surface area (Å²) in [6, 6.07) is 6.26. The van der Waals surface area contributed by atoms with E-state index in [9.17, 15) is 0 Å². The summed E-state index contributed by atoms with van der Waals surface area (Å²) in [7, 11) is 0. The van der Waals surface area contributed by atoms with Gasteiger partial charge in [0.25, 0.3) is 0 Å². The van der Waals surface area contributed by atoms with Crippen molar-refractivity contribution < 1.29 is 0 Å². The molecule has 0 aliphatic heterocycles. The van der Waals surface area contributed by atoms with Crippen LogP contribution in [0.15, 0.2) is 18.2 Å². The predicted molar refractivity (Wildman–Crippen MR) is 77.6 cm³/mol. The van der Waals surface area contributed by atoms with E-state index < -0.39 is 0 Å². The molecule has 18 heavy (non-hydrogen) atoms. The van der Waals surface area contributed by atoms with Crippen molar-refractivity contribution in [1.29, 1.82) is 0 Å². The van der Waals surface area contributed by atoms with E-state index in [1.807, 2.05) is 0 Å². The Bertz CT molecular complexity index is 526. The molecule has 0 amide bonds. The lowest BCUT2D eigenvalue weighted by molar-refractivity contribution is 0.514. The minimum Gasteiger partial charge on any atom is -0.369 e. The number of rotatable bonds is 5. The number of benzene rings is 1. The Hall–Kier alpha value is -1.51. The van der Waals surface area contributed by atoms with Crippen LogP contribution in [0.1, 0.15) is 38.7 Å². The fraction of sp³-hybridized carbons (Fsp3) is 0.533. The summed E-state index contributed by atoms with van der Waals surface area (Å²) in [4.78, 5) is 4.47. The predicted octanol–water partition coefficient (Wildman–Crippen LogP) is 3.75. The molecular formula is C15H23N3. The first-order valence-corrected chi connectivity index (χ1v) is 6.81. The van der Waals surface area contributed by atoms with E-state index >= 15 is 0 Å². The molecular weight excluding hydrogens is 222 g/mol. The normalized spacial score (nSPS) is 11.6. The molecule has 0 aliphatic rings. The molecule has 0 saturated heterocycles. The monoisotopic (exact) mass is 245 g/mol. The molecule has 2 rings (SSSR count). The van der Waals surface area contributed by atoms with Crippen molar-refractivity contribution in [3.8, 4) is 0 Å². The summed E-state index contributed by atoms with van der Waals surface area (Å²) >= 11 is 0. The summed E-state index contributed by atoms with van der Waals surface area (Å²) in [6.07, 6.45) is 3.70. The third kappa shape index (κ3) is 2.66. The Balaban J connectivity index is 2.13. The maximum Gasteiger partial charge on any atom is 0.201 e. The van der Waals surface area contributed by atoms with Crippen molar-refractivity contribution in [2.45, 2.75) is 46.6 Å². The van der Waals surface area contributed by atoms with E-state index in [1.165, 1.54) is 24.8 Å². The van der Waals surface area contributed by atoms with Gasteiger partial charge in [-0.15, -0.1) is 0 Å². The number of hydrogen-bond donors (Lipinski definition) is 1. The highest BCUT2D eigenvalue weighted by Gasteiger charge is 2.09. The first kappa shape index (κ1) is 12.9. The van der Waals surface area contributed by atoms with Crippen molar-refractivity contribution in [3.63, 3.8) is 0 Å². The van der Waals surface area contributed by atoms with Gasteiger partial charge in [0.2, 0.25) is 5.95 Å². The van der Waals surface area contributed by atoms with Gasteiger partial charge in [-0.25, -0.2) is 4.98 Å². The smallest absolute Gasteiger partial charge is 0.201 e. The molecule has 0 radical (unpaired) electrons. The van der Waals surface area contributed by atoms with Crippen LogP contribution in [0.4, 0.5) is 5.95 Å². The fourth-order valence-electron chi connectivity index (χ4n) is 2.36. The average Bonchev–Trinajstić information content (AvgIpc) is 2.63. The topological polar surface area (TPSA) is 43.8 Å². The summed E-state index contributed by atoms with van der Waals surface area (Å²) in [5.74, 6) is 1.42.